The molecular weight excluding hydrogens is 256 g/mol. The second-order valence-corrected chi connectivity index (χ2v) is 3.30. The van der Waals surface area contributed by atoms with Crippen LogP contribution in [0, 0.1) is 10.1 Å². The van der Waals surface area contributed by atoms with Crippen molar-refractivity contribution in [2.75, 3.05) is 0 Å². The van der Waals surface area contributed by atoms with E-state index in [9.17, 15) is 17.9 Å². The zero-order valence-electron chi connectivity index (χ0n) is 6.93. The van der Waals surface area contributed by atoms with Crippen molar-refractivity contribution in [1.29, 1.82) is 0 Å². The Kier molecular flexibility index (Phi) is 5.09. The van der Waals surface area contributed by atoms with Gasteiger partial charge in [0.15, 0.2) is 0 Å². The van der Waals surface area contributed by atoms with E-state index in [1.807, 2.05) is 0 Å². The maximum atomic E-state index is 10.1. The third-order valence-corrected chi connectivity index (χ3v) is 1.29. The van der Waals surface area contributed by atoms with Crippen LogP contribution >= 0.6 is 11.6 Å². The maximum Gasteiger partial charge on any atom is 0.476 e. The Labute approximate surface area is 88.9 Å². The molecule has 0 heterocycles. The summed E-state index contributed by atoms with van der Waals surface area (Å²) in [7, 11) is -5.67. The lowest BCUT2D eigenvalue weighted by Crippen LogP contribution is -1.85. The number of hydrogen-bond donors (Lipinski definition) is 0. The van der Waals surface area contributed by atoms with Crippen LogP contribution in [0.15, 0.2) is 24.3 Å². The van der Waals surface area contributed by atoms with Crippen molar-refractivity contribution in [3.63, 3.8) is 0 Å². The molecular formula is C6H4ClF2NO4S. The van der Waals surface area contributed by atoms with Crippen molar-refractivity contribution < 1.29 is 21.1 Å². The number of non-ortho nitro benzene ring substituents is 1. The van der Waals surface area contributed by atoms with Crippen LogP contribution in [0.2, 0.25) is 5.02 Å². The van der Waals surface area contributed by atoms with E-state index in [1.54, 1.807) is 0 Å². The Hall–Kier alpha value is -1.28. The molecule has 0 aliphatic heterocycles. The molecule has 15 heavy (non-hydrogen) atoms. The summed E-state index contributed by atoms with van der Waals surface area (Å²) in [6.07, 6.45) is 0. The first kappa shape index (κ1) is 13.7. The van der Waals surface area contributed by atoms with Crippen LogP contribution in [-0.4, -0.2) is 13.3 Å². The predicted octanol–water partition coefficient (Wildman–Crippen LogP) is 2.42. The lowest BCUT2D eigenvalue weighted by molar-refractivity contribution is -0.384. The van der Waals surface area contributed by atoms with Crippen molar-refractivity contribution in [1.82, 2.24) is 0 Å². The molecule has 9 heteroatoms. The van der Waals surface area contributed by atoms with E-state index >= 15 is 0 Å². The van der Waals surface area contributed by atoms with E-state index in [4.69, 9.17) is 20.0 Å². The van der Waals surface area contributed by atoms with Gasteiger partial charge in [0.2, 0.25) is 0 Å². The molecule has 0 aliphatic rings. The first-order valence-corrected chi connectivity index (χ1v) is 4.90. The molecule has 0 spiro atoms. The van der Waals surface area contributed by atoms with Gasteiger partial charge in [-0.05, 0) is 12.1 Å². The average Bonchev–Trinajstić information content (AvgIpc) is 2.01. The largest absolute Gasteiger partial charge is 0.476 e. The Morgan fingerprint density at radius 1 is 1.20 bits per heavy atom. The number of halogens is 3. The van der Waals surface area contributed by atoms with Crippen molar-refractivity contribution in [2.45, 2.75) is 0 Å². The van der Waals surface area contributed by atoms with Crippen molar-refractivity contribution in [3.8, 4) is 0 Å². The molecule has 0 unspecified atom stereocenters. The fraction of sp³-hybridized carbons (Fsp3) is 0. The van der Waals surface area contributed by atoms with Gasteiger partial charge in [0.1, 0.15) is 0 Å². The molecule has 0 amide bonds. The number of rotatable bonds is 1. The van der Waals surface area contributed by atoms with Gasteiger partial charge < -0.3 is 0 Å². The molecule has 0 bridgehead atoms. The summed E-state index contributed by atoms with van der Waals surface area (Å²) in [5.41, 5.74) is 0.0596. The Morgan fingerprint density at radius 2 is 1.53 bits per heavy atom. The number of nitro benzene ring substituents is 1. The van der Waals surface area contributed by atoms with Gasteiger partial charge >= 0.3 is 10.6 Å². The number of benzene rings is 1. The van der Waals surface area contributed by atoms with Gasteiger partial charge in [0.25, 0.3) is 5.69 Å². The molecule has 0 aromatic heterocycles. The minimum Gasteiger partial charge on any atom is -0.258 e. The summed E-state index contributed by atoms with van der Waals surface area (Å²) < 4.78 is 36.6. The van der Waals surface area contributed by atoms with Crippen LogP contribution in [0.4, 0.5) is 13.5 Å². The van der Waals surface area contributed by atoms with Crippen LogP contribution in [0.3, 0.4) is 0 Å². The number of hydrogen-bond acceptors (Lipinski definition) is 4. The second-order valence-electron chi connectivity index (χ2n) is 2.11. The smallest absolute Gasteiger partial charge is 0.258 e. The van der Waals surface area contributed by atoms with Gasteiger partial charge in [0, 0.05) is 17.2 Å². The third-order valence-electron chi connectivity index (χ3n) is 1.04. The van der Waals surface area contributed by atoms with Crippen molar-refractivity contribution in [2.24, 2.45) is 0 Å². The van der Waals surface area contributed by atoms with Crippen molar-refractivity contribution >= 4 is 27.9 Å². The number of nitro groups is 1. The quantitative estimate of drug-likeness (QED) is 0.441. The highest BCUT2D eigenvalue weighted by Crippen LogP contribution is 2.14. The van der Waals surface area contributed by atoms with E-state index < -0.39 is 15.5 Å². The maximum absolute atomic E-state index is 10.1. The average molecular weight is 260 g/mol. The SMILES string of the molecule is O=S(=O)(F)F.O=[N+]([O-])c1ccc(Cl)cc1. The molecule has 0 atom stereocenters. The van der Waals surface area contributed by atoms with E-state index in [-0.39, 0.29) is 5.69 Å². The molecule has 0 saturated heterocycles. The Morgan fingerprint density at radius 3 is 1.80 bits per heavy atom. The molecule has 0 fully saturated rings. The minimum atomic E-state index is -5.67. The lowest BCUT2D eigenvalue weighted by Gasteiger charge is -1.88. The monoisotopic (exact) mass is 259 g/mol. The third kappa shape index (κ3) is 9.03. The highest BCUT2D eigenvalue weighted by atomic mass is 35.5. The lowest BCUT2D eigenvalue weighted by atomic mass is 10.3. The molecule has 0 radical (unpaired) electrons. The predicted molar refractivity (Wildman–Crippen MR) is 49.2 cm³/mol. The van der Waals surface area contributed by atoms with E-state index in [0.717, 1.165) is 0 Å². The van der Waals surface area contributed by atoms with Gasteiger partial charge in [-0.25, -0.2) is 0 Å². The summed E-state index contributed by atoms with van der Waals surface area (Å²) in [6.45, 7) is 0. The first-order chi connectivity index (χ1) is 6.70. The highest BCUT2D eigenvalue weighted by Gasteiger charge is 2.01. The molecule has 5 nitrogen and oxygen atoms in total. The standard InChI is InChI=1S/C6H4ClNO2.F2O2S/c7-5-1-3-6(4-2-5)8(9)10;1-5(2,3)4/h1-4H;. The minimum absolute atomic E-state index is 0.0596. The molecule has 0 saturated carbocycles. The normalized spacial score (nSPS) is 10.1. The first-order valence-electron chi connectivity index (χ1n) is 3.24. The van der Waals surface area contributed by atoms with Crippen LogP contribution in [0.25, 0.3) is 0 Å². The second kappa shape index (κ2) is 5.56. The van der Waals surface area contributed by atoms with Gasteiger partial charge in [-0.1, -0.05) is 19.4 Å². The van der Waals surface area contributed by atoms with Crippen LogP contribution in [0.5, 0.6) is 0 Å². The molecule has 0 aliphatic carbocycles. The van der Waals surface area contributed by atoms with Crippen LogP contribution in [0.1, 0.15) is 0 Å². The Bertz CT molecular complexity index is 425. The fourth-order valence-corrected chi connectivity index (χ4v) is 0.689. The van der Waals surface area contributed by atoms with Crippen molar-refractivity contribution in [3.05, 3.63) is 39.4 Å². The summed E-state index contributed by atoms with van der Waals surface area (Å²) in [5, 5.41) is 10.6. The molecule has 1 rings (SSSR count). The zero-order valence-corrected chi connectivity index (χ0v) is 8.50. The van der Waals surface area contributed by atoms with Gasteiger partial charge in [0.05, 0.1) is 4.92 Å². The molecule has 1 aromatic carbocycles. The summed E-state index contributed by atoms with van der Waals surface area (Å²) in [5.74, 6) is 0. The Balaban J connectivity index is 0.000000336. The topological polar surface area (TPSA) is 77.3 Å². The highest BCUT2D eigenvalue weighted by molar-refractivity contribution is 7.81. The van der Waals surface area contributed by atoms with E-state index in [2.05, 4.69) is 0 Å². The van der Waals surface area contributed by atoms with E-state index in [0.29, 0.717) is 5.02 Å². The van der Waals surface area contributed by atoms with Crippen LogP contribution in [-0.2, 0) is 10.6 Å². The number of nitrogens with zero attached hydrogens (tertiary/aromatic N) is 1. The summed E-state index contributed by atoms with van der Waals surface area (Å²) in [6, 6.07) is 5.70. The van der Waals surface area contributed by atoms with Crippen LogP contribution < -0.4 is 0 Å². The fourth-order valence-electron chi connectivity index (χ4n) is 0.563. The summed E-state index contributed by atoms with van der Waals surface area (Å²) >= 11 is 5.49. The van der Waals surface area contributed by atoms with Gasteiger partial charge in [-0.15, -0.1) is 0 Å². The van der Waals surface area contributed by atoms with Gasteiger partial charge in [-0.2, -0.15) is 8.42 Å². The van der Waals surface area contributed by atoms with Gasteiger partial charge in [-0.3, -0.25) is 10.1 Å². The van der Waals surface area contributed by atoms with E-state index in [1.165, 1.54) is 24.3 Å². The molecule has 1 aromatic rings. The summed E-state index contributed by atoms with van der Waals surface area (Å²) in [4.78, 5) is 9.61. The zero-order chi connectivity index (χ0) is 12.1. The molecule has 0 N–H and O–H groups in total. The molecule has 84 valence electrons.